The molecule has 0 bridgehead atoms. The molecule has 0 amide bonds. The van der Waals surface area contributed by atoms with Crippen LogP contribution < -0.4 is 0 Å². The third-order valence-corrected chi connectivity index (χ3v) is 5.82. The van der Waals surface area contributed by atoms with Gasteiger partial charge in [0.1, 0.15) is 0 Å². The predicted molar refractivity (Wildman–Crippen MR) is 53.4 cm³/mol. The van der Waals surface area contributed by atoms with Gasteiger partial charge in [0.05, 0.1) is 9.93 Å². The first-order chi connectivity index (χ1) is 5.48. The molecule has 2 heteroatoms. The largest absolute Gasteiger partial charge is 0.389 e. The second-order valence-corrected chi connectivity index (χ2v) is 6.14. The maximum Gasteiger partial charge on any atom is 0.0749 e. The highest BCUT2D eigenvalue weighted by Crippen LogP contribution is 2.68. The molecule has 1 nitrogen and oxygen atoms in total. The van der Waals surface area contributed by atoms with Crippen LogP contribution >= 0.6 is 15.9 Å². The summed E-state index contributed by atoms with van der Waals surface area (Å²) in [4.78, 5) is 0. The lowest BCUT2D eigenvalue weighted by Crippen LogP contribution is -2.36. The van der Waals surface area contributed by atoms with Crippen molar-refractivity contribution in [3.63, 3.8) is 0 Å². The highest BCUT2D eigenvalue weighted by atomic mass is 79.9. The SMILES string of the molecule is CC(C)(O)C1(Br)[C@@H]2CCCC[C@@H]21. The van der Waals surface area contributed by atoms with Crippen molar-refractivity contribution in [1.29, 1.82) is 0 Å². The second kappa shape index (κ2) is 2.48. The lowest BCUT2D eigenvalue weighted by atomic mass is 10.00. The van der Waals surface area contributed by atoms with Gasteiger partial charge in [0.15, 0.2) is 0 Å². The van der Waals surface area contributed by atoms with Gasteiger partial charge in [-0.2, -0.15) is 0 Å². The van der Waals surface area contributed by atoms with E-state index in [-0.39, 0.29) is 4.32 Å². The van der Waals surface area contributed by atoms with Crippen LogP contribution in [0.25, 0.3) is 0 Å². The number of alkyl halides is 1. The Morgan fingerprint density at radius 3 is 2.00 bits per heavy atom. The van der Waals surface area contributed by atoms with Gasteiger partial charge in [-0.1, -0.05) is 28.8 Å². The Morgan fingerprint density at radius 2 is 1.67 bits per heavy atom. The molecule has 1 unspecified atom stereocenters. The molecule has 0 aliphatic heterocycles. The lowest BCUT2D eigenvalue weighted by Gasteiger charge is -2.25. The molecule has 0 aromatic carbocycles. The fourth-order valence-corrected chi connectivity index (χ4v) is 3.92. The fourth-order valence-electron chi connectivity index (χ4n) is 2.96. The number of halogens is 1. The van der Waals surface area contributed by atoms with Gasteiger partial charge < -0.3 is 5.11 Å². The van der Waals surface area contributed by atoms with Crippen molar-refractivity contribution < 1.29 is 5.11 Å². The maximum atomic E-state index is 10.0. The standard InChI is InChI=1S/C10H17BrO/c1-9(2,12)10(11)7-5-3-4-6-8(7)10/h7-8,12H,3-6H2,1-2H3/t7-,8+,10?. The zero-order valence-corrected chi connectivity index (χ0v) is 9.39. The Labute approximate surface area is 82.7 Å². The third kappa shape index (κ3) is 1.00. The van der Waals surface area contributed by atoms with Crippen molar-refractivity contribution in [3.05, 3.63) is 0 Å². The molecule has 0 heterocycles. The smallest absolute Gasteiger partial charge is 0.0749 e. The highest BCUT2D eigenvalue weighted by Gasteiger charge is 2.69. The maximum absolute atomic E-state index is 10.0. The van der Waals surface area contributed by atoms with Gasteiger partial charge in [-0.05, 0) is 38.5 Å². The number of rotatable bonds is 1. The number of fused-ring (bicyclic) bond motifs is 1. The first-order valence-electron chi connectivity index (χ1n) is 4.89. The van der Waals surface area contributed by atoms with Crippen molar-refractivity contribution in [2.45, 2.75) is 49.5 Å². The fraction of sp³-hybridized carbons (Fsp3) is 1.00. The molecule has 0 spiro atoms. The minimum atomic E-state index is -0.549. The summed E-state index contributed by atoms with van der Waals surface area (Å²) >= 11 is 3.75. The molecule has 1 N–H and O–H groups in total. The molecule has 2 fully saturated rings. The van der Waals surface area contributed by atoms with E-state index in [1.165, 1.54) is 25.7 Å². The van der Waals surface area contributed by atoms with Crippen molar-refractivity contribution in [3.8, 4) is 0 Å². The van der Waals surface area contributed by atoms with Crippen molar-refractivity contribution in [2.75, 3.05) is 0 Å². The van der Waals surface area contributed by atoms with Crippen LogP contribution in [0.4, 0.5) is 0 Å². The summed E-state index contributed by atoms with van der Waals surface area (Å²) in [6, 6.07) is 0. The van der Waals surface area contributed by atoms with Gasteiger partial charge in [0.2, 0.25) is 0 Å². The van der Waals surface area contributed by atoms with Crippen LogP contribution in [0.1, 0.15) is 39.5 Å². The molecule has 0 aromatic heterocycles. The van der Waals surface area contributed by atoms with Gasteiger partial charge in [-0.3, -0.25) is 0 Å². The summed E-state index contributed by atoms with van der Waals surface area (Å²) in [7, 11) is 0. The van der Waals surface area contributed by atoms with E-state index in [1.54, 1.807) is 0 Å². The summed E-state index contributed by atoms with van der Waals surface area (Å²) in [6.07, 6.45) is 5.31. The van der Waals surface area contributed by atoms with Gasteiger partial charge in [0.25, 0.3) is 0 Å². The van der Waals surface area contributed by atoms with Gasteiger partial charge in [-0.15, -0.1) is 0 Å². The molecule has 0 saturated heterocycles. The highest BCUT2D eigenvalue weighted by molar-refractivity contribution is 9.10. The number of aliphatic hydroxyl groups is 1. The Hall–Kier alpha value is 0.440. The minimum Gasteiger partial charge on any atom is -0.389 e. The Bertz CT molecular complexity index is 183. The lowest BCUT2D eigenvalue weighted by molar-refractivity contribution is 0.0637. The van der Waals surface area contributed by atoms with E-state index < -0.39 is 5.60 Å². The summed E-state index contributed by atoms with van der Waals surface area (Å²) in [5.74, 6) is 1.48. The molecule has 2 aliphatic rings. The van der Waals surface area contributed by atoms with E-state index in [1.807, 2.05) is 13.8 Å². The van der Waals surface area contributed by atoms with Crippen LogP contribution in [-0.4, -0.2) is 15.0 Å². The van der Waals surface area contributed by atoms with Gasteiger partial charge >= 0.3 is 0 Å². The van der Waals surface area contributed by atoms with E-state index in [9.17, 15) is 5.11 Å². The van der Waals surface area contributed by atoms with Crippen LogP contribution in [0.3, 0.4) is 0 Å². The zero-order valence-electron chi connectivity index (χ0n) is 7.81. The Kier molecular flexibility index (Phi) is 1.86. The van der Waals surface area contributed by atoms with Crippen molar-refractivity contribution >= 4 is 15.9 Å². The van der Waals surface area contributed by atoms with Crippen LogP contribution in [-0.2, 0) is 0 Å². The van der Waals surface area contributed by atoms with E-state index in [0.29, 0.717) is 0 Å². The predicted octanol–water partition coefficient (Wildman–Crippen LogP) is 2.71. The average Bonchev–Trinajstić information content (AvgIpc) is 2.59. The van der Waals surface area contributed by atoms with Crippen LogP contribution in [0, 0.1) is 11.8 Å². The first kappa shape index (κ1) is 9.01. The van der Waals surface area contributed by atoms with Gasteiger partial charge in [0, 0.05) is 0 Å². The number of hydrogen-bond acceptors (Lipinski definition) is 1. The molecule has 70 valence electrons. The topological polar surface area (TPSA) is 20.2 Å². The molecule has 0 aromatic rings. The molecule has 2 rings (SSSR count). The van der Waals surface area contributed by atoms with Crippen LogP contribution in [0.5, 0.6) is 0 Å². The van der Waals surface area contributed by atoms with E-state index in [0.717, 1.165) is 11.8 Å². The van der Waals surface area contributed by atoms with Crippen molar-refractivity contribution in [2.24, 2.45) is 11.8 Å². The van der Waals surface area contributed by atoms with Crippen LogP contribution in [0.15, 0.2) is 0 Å². The summed E-state index contributed by atoms with van der Waals surface area (Å²) < 4.78 is 0.0521. The molecular formula is C10H17BrO. The Balaban J connectivity index is 2.15. The summed E-state index contributed by atoms with van der Waals surface area (Å²) in [5.41, 5.74) is -0.549. The second-order valence-electron chi connectivity index (χ2n) is 4.82. The normalized spacial score (nSPS) is 47.0. The molecule has 2 saturated carbocycles. The monoisotopic (exact) mass is 232 g/mol. The van der Waals surface area contributed by atoms with Gasteiger partial charge in [-0.25, -0.2) is 0 Å². The minimum absolute atomic E-state index is 0.0521. The number of hydrogen-bond donors (Lipinski definition) is 1. The Morgan fingerprint density at radius 1 is 1.25 bits per heavy atom. The quantitative estimate of drug-likeness (QED) is 0.690. The average molecular weight is 233 g/mol. The molecular weight excluding hydrogens is 216 g/mol. The first-order valence-corrected chi connectivity index (χ1v) is 5.68. The van der Waals surface area contributed by atoms with Crippen LogP contribution in [0.2, 0.25) is 0 Å². The summed E-state index contributed by atoms with van der Waals surface area (Å²) in [6.45, 7) is 3.86. The molecule has 0 radical (unpaired) electrons. The molecule has 3 atom stereocenters. The molecule has 2 aliphatic carbocycles. The van der Waals surface area contributed by atoms with E-state index >= 15 is 0 Å². The third-order valence-electron chi connectivity index (χ3n) is 3.67. The zero-order chi connectivity index (χ0) is 8.98. The van der Waals surface area contributed by atoms with E-state index in [4.69, 9.17) is 0 Å². The summed E-state index contributed by atoms with van der Waals surface area (Å²) in [5, 5.41) is 10.0. The molecule has 12 heavy (non-hydrogen) atoms. The van der Waals surface area contributed by atoms with Crippen molar-refractivity contribution in [1.82, 2.24) is 0 Å². The van der Waals surface area contributed by atoms with E-state index in [2.05, 4.69) is 15.9 Å².